The first-order valence-electron chi connectivity index (χ1n) is 10.0. The molecule has 0 unspecified atom stereocenters. The van der Waals surface area contributed by atoms with Crippen molar-refractivity contribution in [3.8, 4) is 0 Å². The molecule has 1 aromatic heterocycles. The van der Waals surface area contributed by atoms with Crippen LogP contribution < -0.4 is 0 Å². The summed E-state index contributed by atoms with van der Waals surface area (Å²) < 4.78 is 26.2. The number of hydrogen-bond donors (Lipinski definition) is 0. The first-order chi connectivity index (χ1) is 12.5. The molecule has 2 aliphatic carbocycles. The second-order valence-corrected chi connectivity index (χ2v) is 10.4. The molecule has 2 heterocycles. The topological polar surface area (TPSA) is 72.3 Å². The molecule has 0 N–H and O–H groups in total. The molecule has 2 saturated carbocycles. The van der Waals surface area contributed by atoms with Gasteiger partial charge >= 0.3 is 0 Å². The SMILES string of the molecule is CCn1cc([C@@H]2CS(=O)(=O)CCN2C(=O)[C@@H]2C[C@@H]2C2CCCCC2)cn1. The van der Waals surface area contributed by atoms with Crippen molar-refractivity contribution in [2.75, 3.05) is 18.1 Å². The molecule has 0 spiro atoms. The van der Waals surface area contributed by atoms with Gasteiger partial charge in [0.25, 0.3) is 0 Å². The van der Waals surface area contributed by atoms with Gasteiger partial charge in [0, 0.05) is 30.8 Å². The van der Waals surface area contributed by atoms with E-state index >= 15 is 0 Å². The van der Waals surface area contributed by atoms with E-state index in [-0.39, 0.29) is 29.4 Å². The summed E-state index contributed by atoms with van der Waals surface area (Å²) in [6.07, 6.45) is 11.0. The van der Waals surface area contributed by atoms with Crippen molar-refractivity contribution in [2.45, 2.75) is 58.0 Å². The standard InChI is InChI=1S/C19H29N3O3S/c1-2-21-12-15(11-20-21)18-13-26(24,25)9-8-22(18)19(23)17-10-16(17)14-6-4-3-5-7-14/h11-12,14,16-18H,2-10,13H2,1H3/t16-,17-,18+/m1/s1. The van der Waals surface area contributed by atoms with E-state index in [2.05, 4.69) is 5.10 Å². The largest absolute Gasteiger partial charge is 0.333 e. The summed E-state index contributed by atoms with van der Waals surface area (Å²) in [5.41, 5.74) is 0.846. The summed E-state index contributed by atoms with van der Waals surface area (Å²) in [4.78, 5) is 15.0. The van der Waals surface area contributed by atoms with Gasteiger partial charge in [0.15, 0.2) is 9.84 Å². The molecule has 3 atom stereocenters. The maximum Gasteiger partial charge on any atom is 0.226 e. The lowest BCUT2D eigenvalue weighted by Gasteiger charge is -2.35. The normalized spacial score (nSPS) is 31.7. The minimum Gasteiger partial charge on any atom is -0.333 e. The van der Waals surface area contributed by atoms with Crippen molar-refractivity contribution in [1.29, 1.82) is 0 Å². The van der Waals surface area contributed by atoms with Crippen molar-refractivity contribution >= 4 is 15.7 Å². The van der Waals surface area contributed by atoms with E-state index in [1.165, 1.54) is 32.1 Å². The third-order valence-corrected chi connectivity index (χ3v) is 8.12. The average molecular weight is 380 g/mol. The van der Waals surface area contributed by atoms with Crippen LogP contribution in [0.4, 0.5) is 0 Å². The molecule has 26 heavy (non-hydrogen) atoms. The van der Waals surface area contributed by atoms with Gasteiger partial charge in [-0.15, -0.1) is 0 Å². The molecule has 1 aromatic rings. The van der Waals surface area contributed by atoms with Gasteiger partial charge in [-0.2, -0.15) is 5.10 Å². The zero-order chi connectivity index (χ0) is 18.3. The molecule has 3 aliphatic rings. The predicted molar refractivity (Wildman–Crippen MR) is 99.2 cm³/mol. The second kappa shape index (κ2) is 6.98. The van der Waals surface area contributed by atoms with Crippen LogP contribution in [-0.4, -0.2) is 47.1 Å². The molecule has 4 rings (SSSR count). The highest BCUT2D eigenvalue weighted by atomic mass is 32.2. The maximum atomic E-state index is 13.2. The van der Waals surface area contributed by atoms with Crippen LogP contribution in [0, 0.1) is 17.8 Å². The first-order valence-corrected chi connectivity index (χ1v) is 11.8. The van der Waals surface area contributed by atoms with Crippen molar-refractivity contribution in [3.05, 3.63) is 18.0 Å². The second-order valence-electron chi connectivity index (χ2n) is 8.20. The van der Waals surface area contributed by atoms with Gasteiger partial charge in [-0.3, -0.25) is 9.48 Å². The van der Waals surface area contributed by atoms with Crippen LogP contribution in [0.2, 0.25) is 0 Å². The third-order valence-electron chi connectivity index (χ3n) is 6.49. The highest BCUT2D eigenvalue weighted by Crippen LogP contribution is 2.51. The van der Waals surface area contributed by atoms with Crippen molar-refractivity contribution in [1.82, 2.24) is 14.7 Å². The molecule has 1 saturated heterocycles. The Labute approximate surface area is 155 Å². The first kappa shape index (κ1) is 18.0. The third kappa shape index (κ3) is 3.55. The Morgan fingerprint density at radius 1 is 1.27 bits per heavy atom. The molecular weight excluding hydrogens is 350 g/mol. The lowest BCUT2D eigenvalue weighted by Crippen LogP contribution is -2.47. The van der Waals surface area contributed by atoms with Crippen LogP contribution in [-0.2, 0) is 21.2 Å². The Morgan fingerprint density at radius 3 is 2.73 bits per heavy atom. The van der Waals surface area contributed by atoms with Crippen LogP contribution >= 0.6 is 0 Å². The molecule has 0 aromatic carbocycles. The summed E-state index contributed by atoms with van der Waals surface area (Å²) in [5, 5.41) is 4.28. The van der Waals surface area contributed by atoms with Crippen molar-refractivity contribution in [2.24, 2.45) is 17.8 Å². The fourth-order valence-corrected chi connectivity index (χ4v) is 6.36. The zero-order valence-electron chi connectivity index (χ0n) is 15.5. The van der Waals surface area contributed by atoms with Crippen LogP contribution in [0.3, 0.4) is 0 Å². The van der Waals surface area contributed by atoms with Gasteiger partial charge < -0.3 is 4.90 Å². The van der Waals surface area contributed by atoms with E-state index in [0.29, 0.717) is 18.4 Å². The minimum absolute atomic E-state index is 0.0228. The number of hydrogen-bond acceptors (Lipinski definition) is 4. The van der Waals surface area contributed by atoms with Crippen LogP contribution in [0.15, 0.2) is 12.4 Å². The minimum atomic E-state index is -3.11. The molecule has 3 fully saturated rings. The quantitative estimate of drug-likeness (QED) is 0.805. The lowest BCUT2D eigenvalue weighted by molar-refractivity contribution is -0.135. The highest BCUT2D eigenvalue weighted by molar-refractivity contribution is 7.91. The molecule has 1 aliphatic heterocycles. The summed E-state index contributed by atoms with van der Waals surface area (Å²) in [7, 11) is -3.11. The molecule has 0 radical (unpaired) electrons. The summed E-state index contributed by atoms with van der Waals surface area (Å²) in [6, 6.07) is -0.380. The van der Waals surface area contributed by atoms with E-state index in [9.17, 15) is 13.2 Å². The number of carbonyl (C=O) groups excluding carboxylic acids is 1. The van der Waals surface area contributed by atoms with Gasteiger partial charge in [0.05, 0.1) is 23.7 Å². The number of aromatic nitrogens is 2. The summed E-state index contributed by atoms with van der Waals surface area (Å²) >= 11 is 0. The Morgan fingerprint density at radius 2 is 2.04 bits per heavy atom. The summed E-state index contributed by atoms with van der Waals surface area (Å²) in [6.45, 7) is 3.05. The number of carbonyl (C=O) groups is 1. The predicted octanol–water partition coefficient (Wildman–Crippen LogP) is 2.42. The van der Waals surface area contributed by atoms with Gasteiger partial charge in [-0.25, -0.2) is 8.42 Å². The summed E-state index contributed by atoms with van der Waals surface area (Å²) in [5.74, 6) is 1.62. The van der Waals surface area contributed by atoms with E-state index < -0.39 is 9.84 Å². The van der Waals surface area contributed by atoms with Crippen LogP contribution in [0.1, 0.15) is 57.1 Å². The van der Waals surface area contributed by atoms with Crippen LogP contribution in [0.5, 0.6) is 0 Å². The Kier molecular flexibility index (Phi) is 4.84. The number of aryl methyl sites for hydroxylation is 1. The zero-order valence-corrected chi connectivity index (χ0v) is 16.3. The Hall–Kier alpha value is -1.37. The van der Waals surface area contributed by atoms with Crippen LogP contribution in [0.25, 0.3) is 0 Å². The van der Waals surface area contributed by atoms with Crippen molar-refractivity contribution in [3.63, 3.8) is 0 Å². The molecular formula is C19H29N3O3S. The van der Waals surface area contributed by atoms with E-state index in [1.807, 2.05) is 18.0 Å². The Balaban J connectivity index is 1.50. The number of amides is 1. The number of sulfone groups is 1. The van der Waals surface area contributed by atoms with Gasteiger partial charge in [0.2, 0.25) is 5.91 Å². The van der Waals surface area contributed by atoms with Crippen molar-refractivity contribution < 1.29 is 13.2 Å². The molecule has 1 amide bonds. The van der Waals surface area contributed by atoms with E-state index in [4.69, 9.17) is 0 Å². The monoisotopic (exact) mass is 379 g/mol. The van der Waals surface area contributed by atoms with Gasteiger partial charge in [0.1, 0.15) is 0 Å². The van der Waals surface area contributed by atoms with E-state index in [1.54, 1.807) is 10.9 Å². The molecule has 7 heteroatoms. The smallest absolute Gasteiger partial charge is 0.226 e. The Bertz CT molecular complexity index is 767. The molecule has 144 valence electrons. The number of rotatable bonds is 4. The van der Waals surface area contributed by atoms with E-state index in [0.717, 1.165) is 18.5 Å². The molecule has 6 nitrogen and oxygen atoms in total. The van der Waals surface area contributed by atoms with Gasteiger partial charge in [-0.05, 0) is 25.2 Å². The fraction of sp³-hybridized carbons (Fsp3) is 0.789. The maximum absolute atomic E-state index is 13.2. The molecule has 0 bridgehead atoms. The number of nitrogens with zero attached hydrogens (tertiary/aromatic N) is 3. The highest BCUT2D eigenvalue weighted by Gasteiger charge is 2.50. The fourth-order valence-electron chi connectivity index (χ4n) is 4.87. The average Bonchev–Trinajstić information content (AvgIpc) is 3.30. The van der Waals surface area contributed by atoms with Gasteiger partial charge in [-0.1, -0.05) is 32.1 Å². The lowest BCUT2D eigenvalue weighted by atomic mass is 9.85.